The molecule has 0 spiro atoms. The maximum atomic E-state index is 13.7. The first-order valence-electron chi connectivity index (χ1n) is 7.08. The van der Waals surface area contributed by atoms with Crippen LogP contribution in [-0.2, 0) is 0 Å². The molecule has 1 nitrogen and oxygen atoms in total. The Bertz CT molecular complexity index is 432. The van der Waals surface area contributed by atoms with Gasteiger partial charge in [-0.1, -0.05) is 19.9 Å². The average Bonchev–Trinajstić information content (AvgIpc) is 2.31. The molecule has 1 unspecified atom stereocenters. The topological polar surface area (TPSA) is 12.0 Å². The number of benzene rings is 1. The van der Waals surface area contributed by atoms with Crippen LogP contribution in [0.3, 0.4) is 0 Å². The molecular formula is C16H23F2N. The van der Waals surface area contributed by atoms with E-state index in [2.05, 4.69) is 19.2 Å². The molecule has 1 atom stereocenters. The Labute approximate surface area is 114 Å². The van der Waals surface area contributed by atoms with Gasteiger partial charge in [0.2, 0.25) is 0 Å². The fraction of sp³-hybridized carbons (Fsp3) is 0.625. The number of hydrogen-bond donors (Lipinski definition) is 1. The standard InChI is InChI=1S/C16H23F2N/c1-11(14-5-4-12(17)10-15(14)18)19-13-6-8-16(2,3)9-7-13/h4-5,10-11,13,19H,6-9H2,1-3H3. The maximum Gasteiger partial charge on any atom is 0.130 e. The summed E-state index contributed by atoms with van der Waals surface area (Å²) in [6.45, 7) is 6.54. The predicted molar refractivity (Wildman–Crippen MR) is 73.9 cm³/mol. The Kier molecular flexibility index (Phi) is 4.24. The van der Waals surface area contributed by atoms with Gasteiger partial charge in [-0.3, -0.25) is 0 Å². The van der Waals surface area contributed by atoms with Crippen LogP contribution >= 0.6 is 0 Å². The van der Waals surface area contributed by atoms with Gasteiger partial charge in [0, 0.05) is 23.7 Å². The molecule has 0 amide bonds. The molecule has 106 valence electrons. The number of hydrogen-bond acceptors (Lipinski definition) is 1. The maximum absolute atomic E-state index is 13.7. The van der Waals surface area contributed by atoms with E-state index < -0.39 is 11.6 Å². The molecule has 0 heterocycles. The van der Waals surface area contributed by atoms with Crippen LogP contribution in [0.5, 0.6) is 0 Å². The first kappa shape index (κ1) is 14.4. The van der Waals surface area contributed by atoms with Crippen molar-refractivity contribution >= 4 is 0 Å². The molecule has 0 bridgehead atoms. The van der Waals surface area contributed by atoms with Crippen molar-refractivity contribution in [1.82, 2.24) is 5.32 Å². The van der Waals surface area contributed by atoms with E-state index in [0.717, 1.165) is 18.9 Å². The summed E-state index contributed by atoms with van der Waals surface area (Å²) in [4.78, 5) is 0. The summed E-state index contributed by atoms with van der Waals surface area (Å²) in [5.41, 5.74) is 0.981. The second-order valence-electron chi connectivity index (χ2n) is 6.49. The summed E-state index contributed by atoms with van der Waals surface area (Å²) in [5, 5.41) is 3.47. The van der Waals surface area contributed by atoms with Crippen LogP contribution < -0.4 is 5.32 Å². The molecule has 1 fully saturated rings. The van der Waals surface area contributed by atoms with Gasteiger partial charge in [-0.15, -0.1) is 0 Å². The van der Waals surface area contributed by atoms with Crippen molar-refractivity contribution in [2.75, 3.05) is 0 Å². The third-order valence-corrected chi connectivity index (χ3v) is 4.25. The summed E-state index contributed by atoms with van der Waals surface area (Å²) in [7, 11) is 0. The molecule has 1 aromatic rings. The normalized spacial score (nSPS) is 21.3. The predicted octanol–water partition coefficient (Wildman–Crippen LogP) is 4.58. The molecule has 1 aliphatic rings. The molecule has 0 radical (unpaired) electrons. The summed E-state index contributed by atoms with van der Waals surface area (Å²) >= 11 is 0. The van der Waals surface area contributed by atoms with Crippen molar-refractivity contribution in [3.05, 3.63) is 35.4 Å². The molecule has 0 aromatic heterocycles. The van der Waals surface area contributed by atoms with Gasteiger partial charge in [0.05, 0.1) is 0 Å². The van der Waals surface area contributed by atoms with E-state index in [1.165, 1.54) is 25.0 Å². The number of rotatable bonds is 3. The van der Waals surface area contributed by atoms with E-state index in [1.54, 1.807) is 0 Å². The van der Waals surface area contributed by atoms with Crippen molar-refractivity contribution in [1.29, 1.82) is 0 Å². The first-order chi connectivity index (χ1) is 8.87. The smallest absolute Gasteiger partial charge is 0.130 e. The summed E-state index contributed by atoms with van der Waals surface area (Å²) in [6, 6.07) is 4.17. The van der Waals surface area contributed by atoms with Gasteiger partial charge < -0.3 is 5.32 Å². The molecule has 2 rings (SSSR count). The lowest BCUT2D eigenvalue weighted by Gasteiger charge is -2.36. The van der Waals surface area contributed by atoms with Gasteiger partial charge in [-0.2, -0.15) is 0 Å². The van der Waals surface area contributed by atoms with Gasteiger partial charge in [-0.25, -0.2) is 8.78 Å². The van der Waals surface area contributed by atoms with Crippen LogP contribution in [-0.4, -0.2) is 6.04 Å². The molecule has 1 aliphatic carbocycles. The van der Waals surface area contributed by atoms with Crippen LogP contribution in [0.4, 0.5) is 8.78 Å². The van der Waals surface area contributed by atoms with Crippen LogP contribution in [0.25, 0.3) is 0 Å². The van der Waals surface area contributed by atoms with Crippen molar-refractivity contribution in [2.45, 2.75) is 58.5 Å². The van der Waals surface area contributed by atoms with E-state index in [0.29, 0.717) is 17.0 Å². The Morgan fingerprint density at radius 3 is 2.42 bits per heavy atom. The molecule has 1 aromatic carbocycles. The van der Waals surface area contributed by atoms with Crippen molar-refractivity contribution in [3.63, 3.8) is 0 Å². The molecular weight excluding hydrogens is 244 g/mol. The Hall–Kier alpha value is -0.960. The highest BCUT2D eigenvalue weighted by Gasteiger charge is 2.27. The SMILES string of the molecule is CC(NC1CCC(C)(C)CC1)c1ccc(F)cc1F. The van der Waals surface area contributed by atoms with E-state index in [4.69, 9.17) is 0 Å². The van der Waals surface area contributed by atoms with Crippen molar-refractivity contribution < 1.29 is 8.78 Å². The second kappa shape index (κ2) is 5.58. The number of nitrogens with one attached hydrogen (secondary N) is 1. The third kappa shape index (κ3) is 3.75. The highest BCUT2D eigenvalue weighted by atomic mass is 19.1. The lowest BCUT2D eigenvalue weighted by atomic mass is 9.75. The lowest BCUT2D eigenvalue weighted by molar-refractivity contribution is 0.199. The Morgan fingerprint density at radius 2 is 1.84 bits per heavy atom. The molecule has 0 aliphatic heterocycles. The van der Waals surface area contributed by atoms with Gasteiger partial charge in [0.25, 0.3) is 0 Å². The first-order valence-corrected chi connectivity index (χ1v) is 7.08. The monoisotopic (exact) mass is 267 g/mol. The Balaban J connectivity index is 1.96. The van der Waals surface area contributed by atoms with E-state index in [1.807, 2.05) is 6.92 Å². The minimum atomic E-state index is -0.520. The summed E-state index contributed by atoms with van der Waals surface area (Å²) in [6.07, 6.45) is 4.65. The number of halogens is 2. The van der Waals surface area contributed by atoms with Gasteiger partial charge >= 0.3 is 0 Å². The van der Waals surface area contributed by atoms with E-state index in [-0.39, 0.29) is 6.04 Å². The van der Waals surface area contributed by atoms with Crippen molar-refractivity contribution in [2.24, 2.45) is 5.41 Å². The lowest BCUT2D eigenvalue weighted by Crippen LogP contribution is -2.37. The van der Waals surface area contributed by atoms with Crippen LogP contribution in [0.15, 0.2) is 18.2 Å². The van der Waals surface area contributed by atoms with Gasteiger partial charge in [-0.05, 0) is 44.1 Å². The fourth-order valence-electron chi connectivity index (χ4n) is 2.86. The zero-order chi connectivity index (χ0) is 14.0. The van der Waals surface area contributed by atoms with Crippen LogP contribution in [0.1, 0.15) is 58.1 Å². The van der Waals surface area contributed by atoms with Crippen LogP contribution in [0.2, 0.25) is 0 Å². The highest BCUT2D eigenvalue weighted by molar-refractivity contribution is 5.21. The third-order valence-electron chi connectivity index (χ3n) is 4.25. The molecule has 1 N–H and O–H groups in total. The van der Waals surface area contributed by atoms with E-state index >= 15 is 0 Å². The molecule has 1 saturated carbocycles. The summed E-state index contributed by atoms with van der Waals surface area (Å²) in [5.74, 6) is -0.982. The Morgan fingerprint density at radius 1 is 1.21 bits per heavy atom. The van der Waals surface area contributed by atoms with Crippen molar-refractivity contribution in [3.8, 4) is 0 Å². The zero-order valence-electron chi connectivity index (χ0n) is 12.0. The average molecular weight is 267 g/mol. The molecule has 0 saturated heterocycles. The largest absolute Gasteiger partial charge is 0.307 e. The summed E-state index contributed by atoms with van der Waals surface area (Å²) < 4.78 is 26.6. The minimum Gasteiger partial charge on any atom is -0.307 e. The molecule has 19 heavy (non-hydrogen) atoms. The quantitative estimate of drug-likeness (QED) is 0.845. The van der Waals surface area contributed by atoms with Gasteiger partial charge in [0.15, 0.2) is 0 Å². The minimum absolute atomic E-state index is 0.0770. The van der Waals surface area contributed by atoms with Gasteiger partial charge in [0.1, 0.15) is 11.6 Å². The molecule has 3 heteroatoms. The van der Waals surface area contributed by atoms with E-state index in [9.17, 15) is 8.78 Å². The second-order valence-corrected chi connectivity index (χ2v) is 6.49. The zero-order valence-corrected chi connectivity index (χ0v) is 12.0. The highest BCUT2D eigenvalue weighted by Crippen LogP contribution is 2.35. The fourth-order valence-corrected chi connectivity index (χ4v) is 2.86. The van der Waals surface area contributed by atoms with Crippen LogP contribution in [0, 0.1) is 17.0 Å².